The van der Waals surface area contributed by atoms with Gasteiger partial charge < -0.3 is 10.2 Å². The first kappa shape index (κ1) is 16.3. The van der Waals surface area contributed by atoms with Gasteiger partial charge in [-0.15, -0.1) is 5.10 Å². The first-order valence-electron chi connectivity index (χ1n) is 8.63. The minimum Gasteiger partial charge on any atom is -0.348 e. The number of carbonyl (C=O) groups is 2. The quantitative estimate of drug-likeness (QED) is 0.761. The van der Waals surface area contributed by atoms with Crippen LogP contribution in [-0.4, -0.2) is 38.1 Å². The molecule has 2 aromatic heterocycles. The lowest BCUT2D eigenvalue weighted by molar-refractivity contribution is -0.128. The van der Waals surface area contributed by atoms with Crippen LogP contribution >= 0.6 is 0 Å². The van der Waals surface area contributed by atoms with Crippen LogP contribution in [0.2, 0.25) is 0 Å². The summed E-state index contributed by atoms with van der Waals surface area (Å²) in [5, 5.41) is 10.6. The number of pyridine rings is 1. The highest BCUT2D eigenvalue weighted by Crippen LogP contribution is 2.15. The summed E-state index contributed by atoms with van der Waals surface area (Å²) < 4.78 is 1.57. The Bertz CT molecular complexity index is 948. The van der Waals surface area contributed by atoms with E-state index in [2.05, 4.69) is 15.6 Å². The zero-order valence-corrected chi connectivity index (χ0v) is 14.3. The molecule has 0 unspecified atom stereocenters. The molecule has 4 rings (SSSR count). The van der Waals surface area contributed by atoms with E-state index in [1.165, 1.54) is 0 Å². The van der Waals surface area contributed by atoms with Gasteiger partial charge in [-0.1, -0.05) is 29.5 Å². The van der Waals surface area contributed by atoms with E-state index in [-0.39, 0.29) is 11.8 Å². The topological polar surface area (TPSA) is 79.6 Å². The zero-order valence-electron chi connectivity index (χ0n) is 14.3. The molecular formula is C19H19N5O2. The smallest absolute Gasteiger partial charge is 0.253 e. The molecule has 1 saturated heterocycles. The van der Waals surface area contributed by atoms with Gasteiger partial charge in [-0.25, -0.2) is 4.52 Å². The number of rotatable bonds is 5. The molecule has 0 atom stereocenters. The molecule has 1 N–H and O–H groups in total. The molecule has 2 amide bonds. The molecule has 3 aromatic rings. The van der Waals surface area contributed by atoms with Crippen LogP contribution in [0.25, 0.3) is 5.52 Å². The largest absolute Gasteiger partial charge is 0.348 e. The molecule has 0 spiro atoms. The number of hydrogen-bond acceptors (Lipinski definition) is 4. The Balaban J connectivity index is 1.38. The number of nitrogens with zero attached hydrogens (tertiary/aromatic N) is 4. The van der Waals surface area contributed by atoms with Crippen molar-refractivity contribution in [3.63, 3.8) is 0 Å². The predicted molar refractivity (Wildman–Crippen MR) is 95.3 cm³/mol. The number of benzene rings is 1. The normalized spacial score (nSPS) is 14.2. The maximum Gasteiger partial charge on any atom is 0.253 e. The molecule has 3 heterocycles. The van der Waals surface area contributed by atoms with Gasteiger partial charge in [0.15, 0.2) is 0 Å². The summed E-state index contributed by atoms with van der Waals surface area (Å²) in [7, 11) is 0. The number of aromatic nitrogens is 3. The highest BCUT2D eigenvalue weighted by atomic mass is 16.2. The summed E-state index contributed by atoms with van der Waals surface area (Å²) in [4.78, 5) is 26.0. The number of amides is 2. The lowest BCUT2D eigenvalue weighted by Gasteiger charge is -2.15. The van der Waals surface area contributed by atoms with Crippen LogP contribution in [0.1, 0.15) is 34.3 Å². The highest BCUT2D eigenvalue weighted by Gasteiger charge is 2.19. The van der Waals surface area contributed by atoms with E-state index >= 15 is 0 Å². The molecule has 26 heavy (non-hydrogen) atoms. The molecule has 1 fully saturated rings. The fourth-order valence-corrected chi connectivity index (χ4v) is 3.18. The first-order valence-corrected chi connectivity index (χ1v) is 8.63. The van der Waals surface area contributed by atoms with Crippen molar-refractivity contribution in [2.45, 2.75) is 25.9 Å². The van der Waals surface area contributed by atoms with Crippen molar-refractivity contribution in [2.24, 2.45) is 0 Å². The van der Waals surface area contributed by atoms with Gasteiger partial charge in [0.05, 0.1) is 17.3 Å². The van der Waals surface area contributed by atoms with E-state index in [0.29, 0.717) is 30.6 Å². The third kappa shape index (κ3) is 3.28. The average molecular weight is 349 g/mol. The van der Waals surface area contributed by atoms with Crippen LogP contribution in [0.5, 0.6) is 0 Å². The van der Waals surface area contributed by atoms with Gasteiger partial charge in [0.2, 0.25) is 5.91 Å². The van der Waals surface area contributed by atoms with Crippen LogP contribution < -0.4 is 5.32 Å². The SMILES string of the molecule is O=C(NCc1ccc(CN2CCCC2=O)cc1)c1cccn2nncc12. The molecule has 1 aliphatic heterocycles. The van der Waals surface area contributed by atoms with Crippen LogP contribution in [0, 0.1) is 0 Å². The van der Waals surface area contributed by atoms with Gasteiger partial charge in [0.25, 0.3) is 5.91 Å². The molecule has 7 nitrogen and oxygen atoms in total. The van der Waals surface area contributed by atoms with Crippen LogP contribution in [0.3, 0.4) is 0 Å². The molecule has 0 radical (unpaired) electrons. The molecule has 0 saturated carbocycles. The van der Waals surface area contributed by atoms with E-state index in [9.17, 15) is 9.59 Å². The third-order valence-corrected chi connectivity index (χ3v) is 4.61. The summed E-state index contributed by atoms with van der Waals surface area (Å²) in [6.07, 6.45) is 4.93. The van der Waals surface area contributed by atoms with Crippen LogP contribution in [0.15, 0.2) is 48.8 Å². The Hall–Kier alpha value is -3.22. The van der Waals surface area contributed by atoms with Crippen molar-refractivity contribution in [1.29, 1.82) is 0 Å². The van der Waals surface area contributed by atoms with Crippen molar-refractivity contribution in [1.82, 2.24) is 25.0 Å². The molecule has 132 valence electrons. The number of likely N-dealkylation sites (tertiary alicyclic amines) is 1. The molecule has 1 aromatic carbocycles. The summed E-state index contributed by atoms with van der Waals surface area (Å²) in [5.41, 5.74) is 3.33. The Morgan fingerprint density at radius 2 is 1.96 bits per heavy atom. The maximum absolute atomic E-state index is 12.4. The standard InChI is InChI=1S/C19H19N5O2/c25-18-4-2-9-23(18)13-15-7-5-14(6-8-15)11-20-19(26)16-3-1-10-24-17(16)12-21-22-24/h1,3,5-8,10,12H,2,4,9,11,13H2,(H,20,26). The molecule has 1 aliphatic rings. The van der Waals surface area contributed by atoms with E-state index in [1.807, 2.05) is 29.2 Å². The summed E-state index contributed by atoms with van der Waals surface area (Å²) >= 11 is 0. The second-order valence-electron chi connectivity index (χ2n) is 6.40. The third-order valence-electron chi connectivity index (χ3n) is 4.61. The van der Waals surface area contributed by atoms with Crippen molar-refractivity contribution >= 4 is 17.3 Å². The van der Waals surface area contributed by atoms with Gasteiger partial charge in [0, 0.05) is 32.3 Å². The first-order chi connectivity index (χ1) is 12.7. The summed E-state index contributed by atoms with van der Waals surface area (Å²) in [6, 6.07) is 11.5. The van der Waals surface area contributed by atoms with Gasteiger partial charge in [-0.05, 0) is 29.7 Å². The lowest BCUT2D eigenvalue weighted by atomic mass is 10.1. The van der Waals surface area contributed by atoms with Crippen molar-refractivity contribution in [3.05, 3.63) is 65.5 Å². The number of fused-ring (bicyclic) bond motifs is 1. The van der Waals surface area contributed by atoms with E-state index in [4.69, 9.17) is 0 Å². The van der Waals surface area contributed by atoms with Gasteiger partial charge in [-0.2, -0.15) is 0 Å². The number of carbonyl (C=O) groups excluding carboxylic acids is 2. The second kappa shape index (κ2) is 6.95. The Kier molecular flexibility index (Phi) is 4.35. The van der Waals surface area contributed by atoms with Gasteiger partial charge in [-0.3, -0.25) is 9.59 Å². The number of hydrogen-bond donors (Lipinski definition) is 1. The van der Waals surface area contributed by atoms with E-state index < -0.39 is 0 Å². The van der Waals surface area contributed by atoms with Crippen molar-refractivity contribution < 1.29 is 9.59 Å². The minimum absolute atomic E-state index is 0.162. The minimum atomic E-state index is -0.162. The predicted octanol–water partition coefficient (Wildman–Crippen LogP) is 1.78. The maximum atomic E-state index is 12.4. The Morgan fingerprint density at radius 3 is 2.73 bits per heavy atom. The fourth-order valence-electron chi connectivity index (χ4n) is 3.18. The lowest BCUT2D eigenvalue weighted by Crippen LogP contribution is -2.24. The fraction of sp³-hybridized carbons (Fsp3) is 0.263. The molecule has 0 bridgehead atoms. The van der Waals surface area contributed by atoms with E-state index in [0.717, 1.165) is 24.1 Å². The zero-order chi connectivity index (χ0) is 17.9. The number of nitrogens with one attached hydrogen (secondary N) is 1. The highest BCUT2D eigenvalue weighted by molar-refractivity contribution is 6.00. The van der Waals surface area contributed by atoms with Crippen LogP contribution in [-0.2, 0) is 17.9 Å². The average Bonchev–Trinajstić information content (AvgIpc) is 3.30. The Morgan fingerprint density at radius 1 is 1.15 bits per heavy atom. The molecular weight excluding hydrogens is 330 g/mol. The monoisotopic (exact) mass is 349 g/mol. The van der Waals surface area contributed by atoms with Crippen LogP contribution in [0.4, 0.5) is 0 Å². The summed E-state index contributed by atoms with van der Waals surface area (Å²) in [6.45, 7) is 1.93. The summed E-state index contributed by atoms with van der Waals surface area (Å²) in [5.74, 6) is 0.0644. The van der Waals surface area contributed by atoms with Crippen molar-refractivity contribution in [3.8, 4) is 0 Å². The molecule has 0 aliphatic carbocycles. The molecule has 7 heteroatoms. The van der Waals surface area contributed by atoms with Gasteiger partial charge in [0.1, 0.15) is 0 Å². The second-order valence-corrected chi connectivity index (χ2v) is 6.40. The Labute approximate surface area is 150 Å². The van der Waals surface area contributed by atoms with Crippen molar-refractivity contribution in [2.75, 3.05) is 6.54 Å². The van der Waals surface area contributed by atoms with E-state index in [1.54, 1.807) is 29.0 Å². The van der Waals surface area contributed by atoms with Gasteiger partial charge >= 0.3 is 0 Å².